The molecule has 21 heavy (non-hydrogen) atoms. The predicted molar refractivity (Wildman–Crippen MR) is 88.9 cm³/mol. The van der Waals surface area contributed by atoms with Crippen molar-refractivity contribution < 1.29 is 4.79 Å². The summed E-state index contributed by atoms with van der Waals surface area (Å²) in [6.07, 6.45) is 1.93. The number of thiazole rings is 1. The summed E-state index contributed by atoms with van der Waals surface area (Å²) in [6.45, 7) is 8.77. The van der Waals surface area contributed by atoms with Gasteiger partial charge in [0, 0.05) is 34.8 Å². The molecular weight excluding hydrogens is 282 g/mol. The third-order valence-corrected chi connectivity index (χ3v) is 4.29. The summed E-state index contributed by atoms with van der Waals surface area (Å²) < 4.78 is 0. The summed E-state index contributed by atoms with van der Waals surface area (Å²) in [7, 11) is 0. The minimum atomic E-state index is -0.0601. The van der Waals surface area contributed by atoms with Crippen molar-refractivity contribution >= 4 is 28.6 Å². The highest BCUT2D eigenvalue weighted by molar-refractivity contribution is 7.11. The molecule has 0 aliphatic heterocycles. The van der Waals surface area contributed by atoms with E-state index in [-0.39, 0.29) is 11.3 Å². The molecule has 1 aromatic carbocycles. The van der Waals surface area contributed by atoms with Gasteiger partial charge in [-0.25, -0.2) is 4.98 Å². The lowest BCUT2D eigenvalue weighted by atomic mass is 9.98. The molecular formula is C16H21N3OS. The normalized spacial score (nSPS) is 11.2. The molecule has 1 amide bonds. The third-order valence-electron chi connectivity index (χ3n) is 2.87. The summed E-state index contributed by atoms with van der Waals surface area (Å²) in [6, 6.07) is 7.68. The molecule has 0 spiro atoms. The number of nitrogens with zero attached hydrogens (tertiary/aromatic N) is 1. The number of anilines is 2. The monoisotopic (exact) mass is 303 g/mol. The van der Waals surface area contributed by atoms with Crippen molar-refractivity contribution in [2.45, 2.75) is 39.7 Å². The van der Waals surface area contributed by atoms with Gasteiger partial charge in [-0.05, 0) is 24.3 Å². The Morgan fingerprint density at radius 1 is 1.19 bits per heavy atom. The number of amides is 1. The molecule has 2 aromatic rings. The van der Waals surface area contributed by atoms with Gasteiger partial charge in [-0.1, -0.05) is 20.8 Å². The molecule has 0 aliphatic rings. The molecule has 1 heterocycles. The Balaban J connectivity index is 1.94. The van der Waals surface area contributed by atoms with E-state index in [4.69, 9.17) is 0 Å². The van der Waals surface area contributed by atoms with Crippen molar-refractivity contribution in [1.82, 2.24) is 4.98 Å². The zero-order valence-corrected chi connectivity index (χ0v) is 13.7. The molecule has 0 saturated heterocycles. The van der Waals surface area contributed by atoms with Crippen molar-refractivity contribution in [2.24, 2.45) is 0 Å². The van der Waals surface area contributed by atoms with Crippen LogP contribution in [0.2, 0.25) is 0 Å². The molecule has 4 nitrogen and oxygen atoms in total. The highest BCUT2D eigenvalue weighted by Crippen LogP contribution is 2.27. The van der Waals surface area contributed by atoms with Gasteiger partial charge < -0.3 is 10.6 Å². The fourth-order valence-corrected chi connectivity index (χ4v) is 2.71. The first-order valence-electron chi connectivity index (χ1n) is 6.91. The highest BCUT2D eigenvalue weighted by atomic mass is 32.1. The van der Waals surface area contributed by atoms with Crippen LogP contribution in [-0.4, -0.2) is 10.9 Å². The molecule has 2 rings (SSSR count). The van der Waals surface area contributed by atoms with Crippen LogP contribution in [0.15, 0.2) is 30.5 Å². The van der Waals surface area contributed by atoms with Crippen LogP contribution < -0.4 is 10.6 Å². The minimum Gasteiger partial charge on any atom is -0.380 e. The van der Waals surface area contributed by atoms with E-state index in [0.29, 0.717) is 0 Å². The Morgan fingerprint density at radius 3 is 2.33 bits per heavy atom. The molecule has 1 aromatic heterocycles. The van der Waals surface area contributed by atoms with Crippen molar-refractivity contribution in [3.05, 3.63) is 40.3 Å². The minimum absolute atomic E-state index is 0.0601. The summed E-state index contributed by atoms with van der Waals surface area (Å²) in [4.78, 5) is 16.7. The summed E-state index contributed by atoms with van der Waals surface area (Å²) in [5, 5.41) is 7.27. The van der Waals surface area contributed by atoms with Crippen LogP contribution in [0, 0.1) is 0 Å². The van der Waals surface area contributed by atoms with Gasteiger partial charge in [0.05, 0.1) is 11.6 Å². The maximum absolute atomic E-state index is 11.0. The molecule has 5 heteroatoms. The van der Waals surface area contributed by atoms with Crippen LogP contribution in [0.4, 0.5) is 11.4 Å². The van der Waals surface area contributed by atoms with Crippen LogP contribution in [-0.2, 0) is 16.8 Å². The molecule has 0 radical (unpaired) electrons. The predicted octanol–water partition coefficient (Wildman–Crippen LogP) is 4.01. The van der Waals surface area contributed by atoms with E-state index in [1.165, 1.54) is 11.8 Å². The summed E-state index contributed by atoms with van der Waals surface area (Å²) in [5.74, 6) is -0.0601. The Kier molecular flexibility index (Phi) is 4.63. The molecule has 2 N–H and O–H groups in total. The number of hydrogen-bond donors (Lipinski definition) is 2. The number of aromatic nitrogens is 1. The second kappa shape index (κ2) is 6.26. The molecule has 112 valence electrons. The SMILES string of the molecule is CC(=O)Nc1ccc(NCc2cnc(C(C)(C)C)s2)cc1. The smallest absolute Gasteiger partial charge is 0.221 e. The highest BCUT2D eigenvalue weighted by Gasteiger charge is 2.17. The number of rotatable bonds is 4. The van der Waals surface area contributed by atoms with E-state index in [0.717, 1.165) is 22.9 Å². The number of carbonyl (C=O) groups is 1. The first kappa shape index (κ1) is 15.5. The maximum Gasteiger partial charge on any atom is 0.221 e. The number of hydrogen-bond acceptors (Lipinski definition) is 4. The Labute approximate surface area is 129 Å². The van der Waals surface area contributed by atoms with Gasteiger partial charge in [-0.15, -0.1) is 11.3 Å². The van der Waals surface area contributed by atoms with Crippen LogP contribution in [0.5, 0.6) is 0 Å². The fourth-order valence-electron chi connectivity index (χ4n) is 1.80. The van der Waals surface area contributed by atoms with Gasteiger partial charge in [-0.3, -0.25) is 4.79 Å². The van der Waals surface area contributed by atoms with Crippen molar-refractivity contribution in [1.29, 1.82) is 0 Å². The molecule has 0 atom stereocenters. The van der Waals surface area contributed by atoms with Gasteiger partial charge in [0.25, 0.3) is 0 Å². The molecule has 0 fully saturated rings. The topological polar surface area (TPSA) is 54.0 Å². The van der Waals surface area contributed by atoms with Crippen molar-refractivity contribution in [3.8, 4) is 0 Å². The summed E-state index contributed by atoms with van der Waals surface area (Å²) in [5.41, 5.74) is 1.93. The second-order valence-electron chi connectivity index (χ2n) is 5.99. The Morgan fingerprint density at radius 2 is 1.81 bits per heavy atom. The maximum atomic E-state index is 11.0. The molecule has 0 unspecified atom stereocenters. The number of benzene rings is 1. The number of nitrogens with one attached hydrogen (secondary N) is 2. The van der Waals surface area contributed by atoms with E-state index in [2.05, 4.69) is 36.4 Å². The fraction of sp³-hybridized carbons (Fsp3) is 0.375. The first-order valence-corrected chi connectivity index (χ1v) is 7.73. The van der Waals surface area contributed by atoms with E-state index >= 15 is 0 Å². The molecule has 0 bridgehead atoms. The van der Waals surface area contributed by atoms with E-state index in [1.807, 2.05) is 30.5 Å². The molecule has 0 aliphatic carbocycles. The van der Waals surface area contributed by atoms with Crippen molar-refractivity contribution in [2.75, 3.05) is 10.6 Å². The third kappa shape index (κ3) is 4.56. The second-order valence-corrected chi connectivity index (χ2v) is 7.11. The lowest BCUT2D eigenvalue weighted by Gasteiger charge is -2.13. The Bertz CT molecular complexity index is 611. The Hall–Kier alpha value is -1.88. The first-order chi connectivity index (χ1) is 9.84. The van der Waals surface area contributed by atoms with Gasteiger partial charge in [0.2, 0.25) is 5.91 Å². The van der Waals surface area contributed by atoms with Gasteiger partial charge in [-0.2, -0.15) is 0 Å². The lowest BCUT2D eigenvalue weighted by Crippen LogP contribution is -2.09. The number of carbonyl (C=O) groups excluding carboxylic acids is 1. The van der Waals surface area contributed by atoms with Crippen LogP contribution in [0.3, 0.4) is 0 Å². The van der Waals surface area contributed by atoms with Crippen LogP contribution >= 0.6 is 11.3 Å². The average molecular weight is 303 g/mol. The van der Waals surface area contributed by atoms with E-state index < -0.39 is 0 Å². The van der Waals surface area contributed by atoms with E-state index in [9.17, 15) is 4.79 Å². The molecule has 0 saturated carbocycles. The van der Waals surface area contributed by atoms with Gasteiger partial charge in [0.1, 0.15) is 0 Å². The van der Waals surface area contributed by atoms with E-state index in [1.54, 1.807) is 11.3 Å². The van der Waals surface area contributed by atoms with Gasteiger partial charge >= 0.3 is 0 Å². The largest absolute Gasteiger partial charge is 0.380 e. The zero-order valence-electron chi connectivity index (χ0n) is 12.9. The standard InChI is InChI=1S/C16H21N3OS/c1-11(20)19-13-7-5-12(6-8-13)17-9-14-10-18-15(21-14)16(2,3)4/h5-8,10,17H,9H2,1-4H3,(H,19,20). The van der Waals surface area contributed by atoms with Crippen LogP contribution in [0.25, 0.3) is 0 Å². The van der Waals surface area contributed by atoms with Gasteiger partial charge in [0.15, 0.2) is 0 Å². The summed E-state index contributed by atoms with van der Waals surface area (Å²) >= 11 is 1.74. The van der Waals surface area contributed by atoms with Crippen LogP contribution in [0.1, 0.15) is 37.6 Å². The zero-order chi connectivity index (χ0) is 15.5. The lowest BCUT2D eigenvalue weighted by molar-refractivity contribution is -0.114. The van der Waals surface area contributed by atoms with Crippen molar-refractivity contribution in [3.63, 3.8) is 0 Å². The average Bonchev–Trinajstić information content (AvgIpc) is 2.86. The quantitative estimate of drug-likeness (QED) is 0.897.